The van der Waals surface area contributed by atoms with Gasteiger partial charge in [-0.15, -0.1) is 0 Å². The molecule has 2 aliphatic heterocycles. The third-order valence-corrected chi connectivity index (χ3v) is 3.21. The molecule has 0 saturated carbocycles. The summed E-state index contributed by atoms with van der Waals surface area (Å²) in [5.74, 6) is 0. The van der Waals surface area contributed by atoms with Crippen molar-refractivity contribution in [2.75, 3.05) is 7.05 Å². The minimum absolute atomic E-state index is 0.382. The summed E-state index contributed by atoms with van der Waals surface area (Å²) in [5.41, 5.74) is 1.20. The largest absolute Gasteiger partial charge is 0.363 e. The van der Waals surface area contributed by atoms with Crippen LogP contribution >= 0.6 is 24.0 Å². The topological polar surface area (TPSA) is 15.3 Å². The molecule has 58 valence electrons. The summed E-state index contributed by atoms with van der Waals surface area (Å²) in [6, 6.07) is 0. The molecule has 0 amide bonds. The predicted octanol–water partition coefficient (Wildman–Crippen LogP) is 1.28. The Bertz CT molecular complexity index is 257. The summed E-state index contributed by atoms with van der Waals surface area (Å²) in [6.45, 7) is 0. The van der Waals surface area contributed by atoms with Crippen LogP contribution in [0, 0.1) is 0 Å². The van der Waals surface area contributed by atoms with Gasteiger partial charge in [0.15, 0.2) is 0 Å². The highest BCUT2D eigenvalue weighted by atomic mass is 32.2. The number of allylic oxidation sites excluding steroid dienone is 2. The average molecular weight is 184 g/mol. The second-order valence-corrected chi connectivity index (χ2v) is 4.27. The van der Waals surface area contributed by atoms with Crippen molar-refractivity contribution in [1.82, 2.24) is 10.2 Å². The number of thiocarbonyl (C=S) groups is 1. The van der Waals surface area contributed by atoms with Crippen LogP contribution in [0.2, 0.25) is 0 Å². The Morgan fingerprint density at radius 2 is 2.55 bits per heavy atom. The monoisotopic (exact) mass is 184 g/mol. The summed E-state index contributed by atoms with van der Waals surface area (Å²) >= 11 is 6.73. The molecule has 1 fully saturated rings. The molecule has 0 aliphatic carbocycles. The van der Waals surface area contributed by atoms with Crippen LogP contribution in [0.1, 0.15) is 0 Å². The van der Waals surface area contributed by atoms with Crippen LogP contribution in [-0.2, 0) is 0 Å². The summed E-state index contributed by atoms with van der Waals surface area (Å²) in [7, 11) is 2.05. The summed E-state index contributed by atoms with van der Waals surface area (Å²) in [4.78, 5) is 2.15. The van der Waals surface area contributed by atoms with Crippen molar-refractivity contribution in [3.05, 3.63) is 24.0 Å². The van der Waals surface area contributed by atoms with Crippen LogP contribution in [0.15, 0.2) is 24.0 Å². The molecule has 2 heterocycles. The maximum Gasteiger partial charge on any atom is 0.140 e. The van der Waals surface area contributed by atoms with Crippen molar-refractivity contribution >= 4 is 28.3 Å². The number of likely N-dealkylation sites (N-methyl/N-ethyl adjacent to an activating group) is 1. The van der Waals surface area contributed by atoms with E-state index in [-0.39, 0.29) is 0 Å². The lowest BCUT2D eigenvalue weighted by molar-refractivity contribution is 0.456. The Morgan fingerprint density at radius 3 is 3.27 bits per heavy atom. The molecule has 2 aliphatic rings. The number of fused-ring (bicyclic) bond motifs is 1. The van der Waals surface area contributed by atoms with Gasteiger partial charge in [0.05, 0.1) is 5.70 Å². The van der Waals surface area contributed by atoms with Crippen LogP contribution in [0.4, 0.5) is 0 Å². The maximum absolute atomic E-state index is 5.04. The van der Waals surface area contributed by atoms with Gasteiger partial charge < -0.3 is 10.2 Å². The van der Waals surface area contributed by atoms with Gasteiger partial charge in [-0.05, 0) is 12.2 Å². The Balaban J connectivity index is 2.28. The van der Waals surface area contributed by atoms with E-state index < -0.39 is 0 Å². The van der Waals surface area contributed by atoms with Gasteiger partial charge in [-0.2, -0.15) is 0 Å². The molecular weight excluding hydrogens is 176 g/mol. The van der Waals surface area contributed by atoms with Crippen LogP contribution in [-0.4, -0.2) is 21.6 Å². The fourth-order valence-corrected chi connectivity index (χ4v) is 2.43. The first-order chi connectivity index (χ1) is 5.27. The van der Waals surface area contributed by atoms with Crippen molar-refractivity contribution in [3.8, 4) is 0 Å². The van der Waals surface area contributed by atoms with Crippen molar-refractivity contribution in [1.29, 1.82) is 0 Å². The Hall–Kier alpha value is -0.480. The van der Waals surface area contributed by atoms with Crippen molar-refractivity contribution in [3.63, 3.8) is 0 Å². The molecule has 0 aromatic rings. The molecule has 2 nitrogen and oxygen atoms in total. The molecule has 1 atom stereocenters. The molecule has 0 aromatic carbocycles. The minimum atomic E-state index is 0.382. The molecule has 2 rings (SSSR count). The van der Waals surface area contributed by atoms with E-state index in [1.807, 2.05) is 6.08 Å². The van der Waals surface area contributed by atoms with E-state index in [1.54, 1.807) is 11.8 Å². The Kier molecular flexibility index (Phi) is 1.65. The maximum atomic E-state index is 5.04. The molecule has 11 heavy (non-hydrogen) atoms. The molecule has 1 saturated heterocycles. The molecule has 0 spiro atoms. The van der Waals surface area contributed by atoms with E-state index in [2.05, 4.69) is 29.5 Å². The molecule has 1 unspecified atom stereocenters. The van der Waals surface area contributed by atoms with Gasteiger partial charge in [0.1, 0.15) is 9.69 Å². The zero-order valence-corrected chi connectivity index (χ0v) is 7.71. The Labute approximate surface area is 75.3 Å². The van der Waals surface area contributed by atoms with E-state index in [4.69, 9.17) is 12.2 Å². The van der Waals surface area contributed by atoms with Crippen molar-refractivity contribution < 1.29 is 0 Å². The first kappa shape index (κ1) is 7.18. The van der Waals surface area contributed by atoms with Crippen LogP contribution in [0.3, 0.4) is 0 Å². The van der Waals surface area contributed by atoms with E-state index in [1.165, 1.54) is 5.70 Å². The molecule has 0 aromatic heterocycles. The third-order valence-electron chi connectivity index (χ3n) is 1.70. The second-order valence-electron chi connectivity index (χ2n) is 2.51. The van der Waals surface area contributed by atoms with Crippen LogP contribution < -0.4 is 5.32 Å². The fraction of sp³-hybridized carbons (Fsp3) is 0.286. The lowest BCUT2D eigenvalue weighted by Gasteiger charge is -2.23. The average Bonchev–Trinajstić information content (AvgIpc) is 2.31. The van der Waals surface area contributed by atoms with Crippen molar-refractivity contribution in [2.45, 2.75) is 5.37 Å². The molecule has 4 heteroatoms. The highest BCUT2D eigenvalue weighted by Gasteiger charge is 2.28. The second kappa shape index (κ2) is 2.53. The van der Waals surface area contributed by atoms with Crippen LogP contribution in [0.5, 0.6) is 0 Å². The first-order valence-corrected chi connectivity index (χ1v) is 4.64. The number of hydrogen-bond acceptors (Lipinski definition) is 3. The fourth-order valence-electron chi connectivity index (χ4n) is 1.16. The minimum Gasteiger partial charge on any atom is -0.363 e. The standard InChI is InChI=1S/C7H8N2S2/c1-9-4-2-3-5-6(9)11-7(10)8-5/h2-4,6H,1H3,(H,8,10). The van der Waals surface area contributed by atoms with Gasteiger partial charge in [0, 0.05) is 13.2 Å². The number of rotatable bonds is 0. The zero-order chi connectivity index (χ0) is 7.84. The number of thioether (sulfide) groups is 1. The number of nitrogens with zero attached hydrogens (tertiary/aromatic N) is 1. The highest BCUT2D eigenvalue weighted by Crippen LogP contribution is 2.30. The molecule has 0 bridgehead atoms. The van der Waals surface area contributed by atoms with Gasteiger partial charge >= 0.3 is 0 Å². The lowest BCUT2D eigenvalue weighted by atomic mass is 10.3. The summed E-state index contributed by atoms with van der Waals surface area (Å²) < 4.78 is 0.872. The smallest absolute Gasteiger partial charge is 0.140 e. The van der Waals surface area contributed by atoms with E-state index in [0.717, 1.165) is 4.32 Å². The van der Waals surface area contributed by atoms with Crippen molar-refractivity contribution in [2.24, 2.45) is 0 Å². The third kappa shape index (κ3) is 1.16. The van der Waals surface area contributed by atoms with E-state index in [0.29, 0.717) is 5.37 Å². The molecular formula is C7H8N2S2. The zero-order valence-electron chi connectivity index (χ0n) is 6.07. The summed E-state index contributed by atoms with van der Waals surface area (Å²) in [6.07, 6.45) is 6.14. The SMILES string of the molecule is CN1C=CC=C2NC(=S)SC21. The highest BCUT2D eigenvalue weighted by molar-refractivity contribution is 8.23. The van der Waals surface area contributed by atoms with Gasteiger partial charge in [0.25, 0.3) is 0 Å². The predicted molar refractivity (Wildman–Crippen MR) is 52.1 cm³/mol. The number of nitrogens with one attached hydrogen (secondary N) is 1. The van der Waals surface area contributed by atoms with Gasteiger partial charge in [-0.1, -0.05) is 24.0 Å². The van der Waals surface area contributed by atoms with Gasteiger partial charge in [-0.25, -0.2) is 0 Å². The van der Waals surface area contributed by atoms with Gasteiger partial charge in [0.2, 0.25) is 0 Å². The quantitative estimate of drug-likeness (QED) is 0.570. The lowest BCUT2D eigenvalue weighted by Crippen LogP contribution is -2.27. The van der Waals surface area contributed by atoms with E-state index >= 15 is 0 Å². The summed E-state index contributed by atoms with van der Waals surface area (Å²) in [5, 5.41) is 3.53. The normalized spacial score (nSPS) is 28.1. The van der Waals surface area contributed by atoms with Gasteiger partial charge in [-0.3, -0.25) is 0 Å². The Morgan fingerprint density at radius 1 is 1.73 bits per heavy atom. The molecule has 0 radical (unpaired) electrons. The number of hydrogen-bond donors (Lipinski definition) is 1. The molecule has 1 N–H and O–H groups in total. The first-order valence-electron chi connectivity index (χ1n) is 3.35. The van der Waals surface area contributed by atoms with Crippen LogP contribution in [0.25, 0.3) is 0 Å². The van der Waals surface area contributed by atoms with E-state index in [9.17, 15) is 0 Å².